The van der Waals surface area contributed by atoms with Gasteiger partial charge in [-0.1, -0.05) is 32.0 Å². The smallest absolute Gasteiger partial charge is 0.236 e. The Labute approximate surface area is 115 Å². The lowest BCUT2D eigenvalue weighted by Crippen LogP contribution is -2.38. The average molecular weight is 264 g/mol. The molecular formula is C15H24N2O2. The highest BCUT2D eigenvalue weighted by molar-refractivity contribution is 5.77. The molecule has 0 aromatic heterocycles. The molecule has 4 heteroatoms. The maximum absolute atomic E-state index is 11.9. The number of hydrogen-bond donors (Lipinski definition) is 1. The number of aromatic hydroxyl groups is 1. The van der Waals surface area contributed by atoms with Crippen LogP contribution in [0.4, 0.5) is 0 Å². The zero-order valence-corrected chi connectivity index (χ0v) is 12.3. The van der Waals surface area contributed by atoms with E-state index < -0.39 is 0 Å². The second kappa shape index (κ2) is 7.14. The summed E-state index contributed by atoms with van der Waals surface area (Å²) >= 11 is 0. The Hall–Kier alpha value is -1.55. The maximum atomic E-state index is 11.9. The first-order chi connectivity index (χ1) is 9.01. The first kappa shape index (κ1) is 15.5. The third-order valence-corrected chi connectivity index (χ3v) is 3.37. The van der Waals surface area contributed by atoms with Crippen molar-refractivity contribution in [1.29, 1.82) is 0 Å². The standard InChI is InChI=1S/C15H24N2O2/c1-5-13(12-9-7-8-10-14(12)18)17(6-2)11-15(19)16(3)4/h7-10,13,18H,5-6,11H2,1-4H3. The van der Waals surface area contributed by atoms with Crippen LogP contribution in [0.5, 0.6) is 5.75 Å². The van der Waals surface area contributed by atoms with E-state index in [1.165, 1.54) is 0 Å². The number of amides is 1. The molecule has 106 valence electrons. The summed E-state index contributed by atoms with van der Waals surface area (Å²) in [7, 11) is 3.52. The van der Waals surface area contributed by atoms with Gasteiger partial charge < -0.3 is 10.0 Å². The fraction of sp³-hybridized carbons (Fsp3) is 0.533. The molecule has 1 aromatic rings. The number of rotatable bonds is 6. The van der Waals surface area contributed by atoms with E-state index in [1.807, 2.05) is 25.1 Å². The molecule has 1 unspecified atom stereocenters. The number of nitrogens with zero attached hydrogens (tertiary/aromatic N) is 2. The van der Waals surface area contributed by atoms with Crippen LogP contribution in [0.3, 0.4) is 0 Å². The summed E-state index contributed by atoms with van der Waals surface area (Å²) in [6.07, 6.45) is 0.853. The van der Waals surface area contributed by atoms with Gasteiger partial charge in [0.1, 0.15) is 5.75 Å². The maximum Gasteiger partial charge on any atom is 0.236 e. The van der Waals surface area contributed by atoms with E-state index in [4.69, 9.17) is 0 Å². The van der Waals surface area contributed by atoms with E-state index in [9.17, 15) is 9.90 Å². The SMILES string of the molecule is CCC(c1ccccc1O)N(CC)CC(=O)N(C)C. The number of carbonyl (C=O) groups excluding carboxylic acids is 1. The molecule has 0 aliphatic rings. The molecule has 0 saturated heterocycles. The monoisotopic (exact) mass is 264 g/mol. The summed E-state index contributed by atoms with van der Waals surface area (Å²) in [5.74, 6) is 0.376. The molecule has 0 fully saturated rings. The summed E-state index contributed by atoms with van der Waals surface area (Å²) in [6, 6.07) is 7.41. The lowest BCUT2D eigenvalue weighted by Gasteiger charge is -2.31. The number of para-hydroxylation sites is 1. The molecule has 1 amide bonds. The number of phenols is 1. The third-order valence-electron chi connectivity index (χ3n) is 3.37. The van der Waals surface area contributed by atoms with E-state index in [1.54, 1.807) is 25.1 Å². The van der Waals surface area contributed by atoms with Crippen molar-refractivity contribution >= 4 is 5.91 Å². The highest BCUT2D eigenvalue weighted by atomic mass is 16.3. The lowest BCUT2D eigenvalue weighted by atomic mass is 10.0. The fourth-order valence-corrected chi connectivity index (χ4v) is 2.20. The Kier molecular flexibility index (Phi) is 5.83. The van der Waals surface area contributed by atoms with Crippen LogP contribution in [0.1, 0.15) is 31.9 Å². The van der Waals surface area contributed by atoms with Crippen LogP contribution >= 0.6 is 0 Å². The normalized spacial score (nSPS) is 12.5. The van der Waals surface area contributed by atoms with Gasteiger partial charge in [-0.15, -0.1) is 0 Å². The number of phenolic OH excluding ortho intramolecular Hbond substituents is 1. The van der Waals surface area contributed by atoms with Gasteiger partial charge in [0.2, 0.25) is 5.91 Å². The molecule has 4 nitrogen and oxygen atoms in total. The van der Waals surface area contributed by atoms with Gasteiger partial charge >= 0.3 is 0 Å². The van der Waals surface area contributed by atoms with Gasteiger partial charge in [0, 0.05) is 25.7 Å². The van der Waals surface area contributed by atoms with E-state index in [-0.39, 0.29) is 11.9 Å². The van der Waals surface area contributed by atoms with E-state index >= 15 is 0 Å². The van der Waals surface area contributed by atoms with Gasteiger partial charge in [-0.3, -0.25) is 9.69 Å². The molecule has 1 N–H and O–H groups in total. The summed E-state index contributed by atoms with van der Waals surface area (Å²) < 4.78 is 0. The Balaban J connectivity index is 2.93. The minimum Gasteiger partial charge on any atom is -0.508 e. The minimum absolute atomic E-state index is 0.0649. The second-order valence-electron chi connectivity index (χ2n) is 4.83. The average Bonchev–Trinajstić information content (AvgIpc) is 2.39. The predicted molar refractivity (Wildman–Crippen MR) is 77.1 cm³/mol. The predicted octanol–water partition coefficient (Wildman–Crippen LogP) is 2.25. The van der Waals surface area contributed by atoms with Crippen LogP contribution in [0.25, 0.3) is 0 Å². The Bertz CT molecular complexity index is 418. The Morgan fingerprint density at radius 1 is 1.26 bits per heavy atom. The molecule has 0 saturated carbocycles. The Morgan fingerprint density at radius 3 is 2.37 bits per heavy atom. The highest BCUT2D eigenvalue weighted by Gasteiger charge is 2.22. The summed E-state index contributed by atoms with van der Waals surface area (Å²) in [4.78, 5) is 15.6. The van der Waals surface area contributed by atoms with Crippen LogP contribution < -0.4 is 0 Å². The van der Waals surface area contributed by atoms with Crippen molar-refractivity contribution in [2.75, 3.05) is 27.2 Å². The van der Waals surface area contributed by atoms with Crippen molar-refractivity contribution in [2.45, 2.75) is 26.3 Å². The third kappa shape index (κ3) is 3.96. The zero-order valence-electron chi connectivity index (χ0n) is 12.3. The number of carbonyl (C=O) groups is 1. The van der Waals surface area contributed by atoms with Crippen molar-refractivity contribution in [3.8, 4) is 5.75 Å². The van der Waals surface area contributed by atoms with Gasteiger partial charge in [-0.05, 0) is 19.0 Å². The quantitative estimate of drug-likeness (QED) is 0.857. The molecule has 0 aliphatic carbocycles. The van der Waals surface area contributed by atoms with Crippen molar-refractivity contribution < 1.29 is 9.90 Å². The van der Waals surface area contributed by atoms with Crippen LogP contribution in [-0.2, 0) is 4.79 Å². The molecule has 0 aliphatic heterocycles. The van der Waals surface area contributed by atoms with E-state index in [0.29, 0.717) is 12.3 Å². The number of hydrogen-bond acceptors (Lipinski definition) is 3. The number of likely N-dealkylation sites (N-methyl/N-ethyl adjacent to an activating group) is 2. The van der Waals surface area contributed by atoms with Crippen molar-refractivity contribution in [1.82, 2.24) is 9.80 Å². The molecule has 0 spiro atoms. The van der Waals surface area contributed by atoms with E-state index in [2.05, 4.69) is 11.8 Å². The van der Waals surface area contributed by atoms with Crippen LogP contribution in [0, 0.1) is 0 Å². The van der Waals surface area contributed by atoms with Crippen molar-refractivity contribution in [3.05, 3.63) is 29.8 Å². The molecule has 1 aromatic carbocycles. The molecular weight excluding hydrogens is 240 g/mol. The minimum atomic E-state index is 0.0649. The largest absolute Gasteiger partial charge is 0.508 e. The van der Waals surface area contributed by atoms with Gasteiger partial charge in [0.25, 0.3) is 0 Å². The summed E-state index contributed by atoms with van der Waals surface area (Å²) in [6.45, 7) is 5.24. The van der Waals surface area contributed by atoms with Gasteiger partial charge in [0.15, 0.2) is 0 Å². The highest BCUT2D eigenvalue weighted by Crippen LogP contribution is 2.30. The first-order valence-corrected chi connectivity index (χ1v) is 6.73. The molecule has 0 heterocycles. The van der Waals surface area contributed by atoms with Crippen molar-refractivity contribution in [2.24, 2.45) is 0 Å². The summed E-state index contributed by atoms with van der Waals surface area (Å²) in [5, 5.41) is 9.98. The molecule has 0 bridgehead atoms. The second-order valence-corrected chi connectivity index (χ2v) is 4.83. The van der Waals surface area contributed by atoms with Gasteiger partial charge in [-0.25, -0.2) is 0 Å². The first-order valence-electron chi connectivity index (χ1n) is 6.73. The van der Waals surface area contributed by atoms with Crippen LogP contribution in [0.15, 0.2) is 24.3 Å². The van der Waals surface area contributed by atoms with Crippen LogP contribution in [0.2, 0.25) is 0 Å². The number of benzene rings is 1. The molecule has 19 heavy (non-hydrogen) atoms. The summed E-state index contributed by atoms with van der Waals surface area (Å²) in [5.41, 5.74) is 0.887. The van der Waals surface area contributed by atoms with E-state index in [0.717, 1.165) is 18.5 Å². The topological polar surface area (TPSA) is 43.8 Å². The fourth-order valence-electron chi connectivity index (χ4n) is 2.20. The Morgan fingerprint density at radius 2 is 1.89 bits per heavy atom. The zero-order chi connectivity index (χ0) is 14.4. The molecule has 1 rings (SSSR count). The van der Waals surface area contributed by atoms with Gasteiger partial charge in [0.05, 0.1) is 6.54 Å². The van der Waals surface area contributed by atoms with Crippen LogP contribution in [-0.4, -0.2) is 48.0 Å². The lowest BCUT2D eigenvalue weighted by molar-refractivity contribution is -0.130. The van der Waals surface area contributed by atoms with Crippen molar-refractivity contribution in [3.63, 3.8) is 0 Å². The van der Waals surface area contributed by atoms with Gasteiger partial charge in [-0.2, -0.15) is 0 Å². The molecule has 1 atom stereocenters. The molecule has 0 radical (unpaired) electrons.